The summed E-state index contributed by atoms with van der Waals surface area (Å²) in [5.41, 5.74) is 5.90. The second-order valence-corrected chi connectivity index (χ2v) is 10.6. The van der Waals surface area contributed by atoms with Crippen molar-refractivity contribution in [3.8, 4) is 11.1 Å². The van der Waals surface area contributed by atoms with Gasteiger partial charge in [0.1, 0.15) is 0 Å². The van der Waals surface area contributed by atoms with Gasteiger partial charge < -0.3 is 0 Å². The zero-order chi connectivity index (χ0) is 23.0. The normalized spacial score (nSPS) is 16.9. The van der Waals surface area contributed by atoms with Crippen LogP contribution in [-0.4, -0.2) is 0 Å². The molecule has 6 rings (SSSR count). The lowest BCUT2D eigenvalue weighted by Crippen LogP contribution is -2.26. The lowest BCUT2D eigenvalue weighted by atomic mass is 10.0. The molecule has 4 heteroatoms. The van der Waals surface area contributed by atoms with Crippen LogP contribution < -0.4 is 14.6 Å². The first-order chi connectivity index (χ1) is 16.8. The van der Waals surface area contributed by atoms with Crippen LogP contribution in [0.5, 0.6) is 0 Å². The molecule has 5 aromatic rings. The van der Waals surface area contributed by atoms with Crippen LogP contribution in [0, 0.1) is 0 Å². The van der Waals surface area contributed by atoms with E-state index in [0.717, 1.165) is 39.2 Å². The number of para-hydroxylation sites is 2. The zero-order valence-corrected chi connectivity index (χ0v) is 19.4. The molecule has 0 amide bonds. The minimum Gasteiger partial charge on any atom is -0.270 e. The Balaban J connectivity index is 1.67. The molecule has 3 nitrogen and oxygen atoms in total. The summed E-state index contributed by atoms with van der Waals surface area (Å²) in [5, 5.41) is 0.792. The van der Waals surface area contributed by atoms with Gasteiger partial charge in [0.2, 0.25) is 0 Å². The van der Waals surface area contributed by atoms with Crippen molar-refractivity contribution in [3.63, 3.8) is 0 Å². The monoisotopic (exact) mass is 458 g/mol. The predicted molar refractivity (Wildman–Crippen MR) is 143 cm³/mol. The number of rotatable bonds is 4. The summed E-state index contributed by atoms with van der Waals surface area (Å²) in [6, 6.07) is 46.6. The SMILES string of the molecule is O=P1(c2ccccc2)N(c2ccccc2)c2ccc(-c3ccccc3)cc2N1c1ccccc1. The summed E-state index contributed by atoms with van der Waals surface area (Å²) in [7, 11) is -3.31. The first-order valence-corrected chi connectivity index (χ1v) is 12.9. The van der Waals surface area contributed by atoms with Gasteiger partial charge in [-0.2, -0.15) is 0 Å². The van der Waals surface area contributed by atoms with Crippen LogP contribution >= 0.6 is 7.44 Å². The average molecular weight is 459 g/mol. The van der Waals surface area contributed by atoms with Gasteiger partial charge in [-0.15, -0.1) is 0 Å². The van der Waals surface area contributed by atoms with Crippen LogP contribution in [0.15, 0.2) is 140 Å². The molecule has 0 bridgehead atoms. The summed E-state index contributed by atoms with van der Waals surface area (Å²) in [6.07, 6.45) is 0. The van der Waals surface area contributed by atoms with E-state index in [1.165, 1.54) is 0 Å². The van der Waals surface area contributed by atoms with Crippen LogP contribution in [0.25, 0.3) is 11.1 Å². The molecule has 0 saturated heterocycles. The van der Waals surface area contributed by atoms with E-state index in [0.29, 0.717) is 0 Å². The molecular weight excluding hydrogens is 435 g/mol. The van der Waals surface area contributed by atoms with Gasteiger partial charge >= 0.3 is 7.44 Å². The molecule has 5 aromatic carbocycles. The smallest absolute Gasteiger partial charge is 0.270 e. The minimum absolute atomic E-state index is 0.792. The number of hydrogen-bond donors (Lipinski definition) is 0. The highest BCUT2D eigenvalue weighted by atomic mass is 31.2. The summed E-state index contributed by atoms with van der Waals surface area (Å²) in [6.45, 7) is 0. The van der Waals surface area contributed by atoms with E-state index >= 15 is 4.57 Å². The molecule has 0 radical (unpaired) electrons. The highest BCUT2D eigenvalue weighted by Gasteiger charge is 2.48. The summed E-state index contributed by atoms with van der Waals surface area (Å²) >= 11 is 0. The van der Waals surface area contributed by atoms with E-state index in [-0.39, 0.29) is 0 Å². The van der Waals surface area contributed by atoms with Crippen molar-refractivity contribution in [1.82, 2.24) is 0 Å². The van der Waals surface area contributed by atoms with Gasteiger partial charge in [0.15, 0.2) is 0 Å². The van der Waals surface area contributed by atoms with Crippen LogP contribution in [0.4, 0.5) is 22.7 Å². The Hall–Kier alpha value is -4.07. The van der Waals surface area contributed by atoms with Gasteiger partial charge in [0, 0.05) is 11.4 Å². The Bertz CT molecular complexity index is 1470. The van der Waals surface area contributed by atoms with Crippen molar-refractivity contribution in [3.05, 3.63) is 140 Å². The Morgan fingerprint density at radius 1 is 0.441 bits per heavy atom. The standard InChI is InChI=1S/C30H23N2OP/c33-34(28-19-11-4-12-20-28)31(26-15-7-2-8-16-26)29-22-21-25(24-13-5-1-6-14-24)23-30(29)32(34)27-17-9-3-10-18-27/h1-23H. The van der Waals surface area contributed by atoms with Gasteiger partial charge in [0.05, 0.1) is 16.7 Å². The number of hydrogen-bond acceptors (Lipinski definition) is 1. The maximum Gasteiger partial charge on any atom is 0.301 e. The minimum atomic E-state index is -3.31. The predicted octanol–water partition coefficient (Wildman–Crippen LogP) is 8.16. The zero-order valence-electron chi connectivity index (χ0n) is 18.5. The molecule has 34 heavy (non-hydrogen) atoms. The van der Waals surface area contributed by atoms with Gasteiger partial charge in [-0.3, -0.25) is 13.9 Å². The van der Waals surface area contributed by atoms with E-state index < -0.39 is 7.44 Å². The molecular formula is C30H23N2OP. The van der Waals surface area contributed by atoms with Crippen molar-refractivity contribution >= 4 is 35.5 Å². The van der Waals surface area contributed by atoms with Crippen LogP contribution in [-0.2, 0) is 4.57 Å². The van der Waals surface area contributed by atoms with Crippen molar-refractivity contribution in [1.29, 1.82) is 0 Å². The number of nitrogens with zero attached hydrogens (tertiary/aromatic N) is 2. The molecule has 0 saturated carbocycles. The van der Waals surface area contributed by atoms with Gasteiger partial charge in [-0.05, 0) is 59.7 Å². The first kappa shape index (κ1) is 20.5. The second-order valence-electron chi connectivity index (χ2n) is 8.24. The van der Waals surface area contributed by atoms with Crippen LogP contribution in [0.3, 0.4) is 0 Å². The van der Waals surface area contributed by atoms with Gasteiger partial charge in [-0.1, -0.05) is 91.0 Å². The van der Waals surface area contributed by atoms with Gasteiger partial charge in [0.25, 0.3) is 0 Å². The molecule has 0 N–H and O–H groups in total. The molecule has 0 aliphatic carbocycles. The molecule has 1 unspecified atom stereocenters. The van der Waals surface area contributed by atoms with Crippen molar-refractivity contribution in [2.75, 3.05) is 9.34 Å². The molecule has 0 aromatic heterocycles. The Labute approximate surface area is 200 Å². The average Bonchev–Trinajstić information content (AvgIpc) is 3.19. The maximum atomic E-state index is 15.4. The highest BCUT2D eigenvalue weighted by molar-refractivity contribution is 7.76. The third-order valence-electron chi connectivity index (χ3n) is 6.18. The number of benzene rings is 5. The number of fused-ring (bicyclic) bond motifs is 1. The second kappa shape index (κ2) is 8.37. The summed E-state index contributed by atoms with van der Waals surface area (Å²) in [5.74, 6) is 0. The fourth-order valence-corrected chi connectivity index (χ4v) is 7.65. The largest absolute Gasteiger partial charge is 0.301 e. The lowest BCUT2D eigenvalue weighted by molar-refractivity contribution is 0.582. The quantitative estimate of drug-likeness (QED) is 0.254. The third kappa shape index (κ3) is 3.25. The van der Waals surface area contributed by atoms with Crippen LogP contribution in [0.2, 0.25) is 0 Å². The summed E-state index contributed by atoms with van der Waals surface area (Å²) in [4.78, 5) is 0. The maximum absolute atomic E-state index is 15.4. The molecule has 164 valence electrons. The summed E-state index contributed by atoms with van der Waals surface area (Å²) < 4.78 is 19.5. The fraction of sp³-hybridized carbons (Fsp3) is 0. The number of anilines is 4. The highest BCUT2D eigenvalue weighted by Crippen LogP contribution is 2.70. The van der Waals surface area contributed by atoms with E-state index in [4.69, 9.17) is 0 Å². The molecule has 1 aliphatic rings. The Morgan fingerprint density at radius 2 is 0.912 bits per heavy atom. The van der Waals surface area contributed by atoms with Gasteiger partial charge in [-0.25, -0.2) is 0 Å². The lowest BCUT2D eigenvalue weighted by Gasteiger charge is -2.33. The fourth-order valence-electron chi connectivity index (χ4n) is 4.65. The van der Waals surface area contributed by atoms with E-state index in [9.17, 15) is 0 Å². The van der Waals surface area contributed by atoms with Crippen molar-refractivity contribution in [2.45, 2.75) is 0 Å². The topological polar surface area (TPSA) is 23.6 Å². The van der Waals surface area contributed by atoms with Crippen molar-refractivity contribution < 1.29 is 4.57 Å². The third-order valence-corrected chi connectivity index (χ3v) is 9.12. The molecule has 1 aliphatic heterocycles. The van der Waals surface area contributed by atoms with Crippen LogP contribution in [0.1, 0.15) is 0 Å². The molecule has 1 atom stereocenters. The van der Waals surface area contributed by atoms with E-state index in [1.54, 1.807) is 0 Å². The van der Waals surface area contributed by atoms with E-state index in [2.05, 4.69) is 30.3 Å². The Morgan fingerprint density at radius 3 is 1.47 bits per heavy atom. The first-order valence-electron chi connectivity index (χ1n) is 11.3. The molecule has 0 fully saturated rings. The van der Waals surface area contributed by atoms with E-state index in [1.807, 2.05) is 119 Å². The Kier molecular flexibility index (Phi) is 5.05. The van der Waals surface area contributed by atoms with Crippen molar-refractivity contribution in [2.24, 2.45) is 0 Å². The molecule has 0 spiro atoms. The molecule has 1 heterocycles.